The van der Waals surface area contributed by atoms with Crippen molar-refractivity contribution in [1.29, 1.82) is 0 Å². The predicted molar refractivity (Wildman–Crippen MR) is 31.5 cm³/mol. The summed E-state index contributed by atoms with van der Waals surface area (Å²) in [5.41, 5.74) is 0. The van der Waals surface area contributed by atoms with Gasteiger partial charge in [-0.05, 0) is 12.8 Å². The van der Waals surface area contributed by atoms with Gasteiger partial charge in [0.2, 0.25) is 5.91 Å². The van der Waals surface area contributed by atoms with Crippen molar-refractivity contribution in [2.75, 3.05) is 6.54 Å². The van der Waals surface area contributed by atoms with Crippen molar-refractivity contribution in [3.63, 3.8) is 0 Å². The third-order valence-corrected chi connectivity index (χ3v) is 1.40. The van der Waals surface area contributed by atoms with E-state index in [9.17, 15) is 4.79 Å². The fourth-order valence-electron chi connectivity index (χ4n) is 0.904. The van der Waals surface area contributed by atoms with Crippen LogP contribution in [-0.2, 0) is 21.9 Å². The molecular formula is C6H11Br2MnNO. The van der Waals surface area contributed by atoms with Gasteiger partial charge in [0.05, 0.1) is 0 Å². The molecule has 0 aromatic rings. The maximum atomic E-state index is 10.6. The number of carbonyl (C=O) groups excluding carboxylic acids is 1. The second-order valence-electron chi connectivity index (χ2n) is 2.16. The summed E-state index contributed by atoms with van der Waals surface area (Å²) in [6.07, 6.45) is 4.18. The van der Waals surface area contributed by atoms with Crippen LogP contribution in [-0.4, -0.2) is 12.5 Å². The summed E-state index contributed by atoms with van der Waals surface area (Å²) in [5.74, 6) is 0.225. The quantitative estimate of drug-likeness (QED) is 0.443. The number of rotatable bonds is 0. The van der Waals surface area contributed by atoms with E-state index in [4.69, 9.17) is 0 Å². The minimum atomic E-state index is 0. The maximum absolute atomic E-state index is 10.6. The van der Waals surface area contributed by atoms with Gasteiger partial charge in [0, 0.05) is 13.0 Å². The minimum absolute atomic E-state index is 0. The molecule has 67 valence electrons. The molecule has 0 aliphatic carbocycles. The second kappa shape index (κ2) is 10.9. The van der Waals surface area contributed by atoms with Crippen LogP contribution < -0.4 is 39.3 Å². The summed E-state index contributed by atoms with van der Waals surface area (Å²) in [6, 6.07) is 0. The fourth-order valence-corrected chi connectivity index (χ4v) is 0.904. The first-order valence-electron chi connectivity index (χ1n) is 3.16. The van der Waals surface area contributed by atoms with E-state index < -0.39 is 0 Å². The Bertz CT molecular complexity index is 92.6. The van der Waals surface area contributed by atoms with E-state index in [1.54, 1.807) is 0 Å². The first-order chi connectivity index (χ1) is 3.89. The Morgan fingerprint density at radius 2 is 1.73 bits per heavy atom. The molecule has 0 bridgehead atoms. The monoisotopic (exact) mass is 326 g/mol. The average Bonchev–Trinajstić information content (AvgIpc) is 1.94. The van der Waals surface area contributed by atoms with E-state index in [2.05, 4.69) is 5.32 Å². The van der Waals surface area contributed by atoms with Crippen LogP contribution in [0.15, 0.2) is 0 Å². The molecule has 1 radical (unpaired) electrons. The Hall–Kier alpha value is 0.949. The molecule has 1 N–H and O–H groups in total. The number of hydrogen-bond donors (Lipinski definition) is 1. The Kier molecular flexibility index (Phi) is 17.8. The van der Waals surface area contributed by atoms with Gasteiger partial charge in [-0.1, -0.05) is 6.42 Å². The molecule has 0 atom stereocenters. The summed E-state index contributed by atoms with van der Waals surface area (Å²) in [5, 5.41) is 2.81. The Balaban J connectivity index is -0.000000213. The predicted octanol–water partition coefficient (Wildman–Crippen LogP) is -5.32. The number of amides is 1. The summed E-state index contributed by atoms with van der Waals surface area (Å²) >= 11 is 0. The third-order valence-electron chi connectivity index (χ3n) is 1.40. The van der Waals surface area contributed by atoms with E-state index in [1.807, 2.05) is 0 Å². The molecule has 1 saturated heterocycles. The number of carbonyl (C=O) groups is 1. The SMILES string of the molecule is O=C1CCCCCN1.[Br-].[Br-].[Mn+2]. The standard InChI is InChI=1S/C6H11NO.2BrH.Mn/c8-6-4-2-1-3-5-7-6;;;/h1-5H2,(H,7,8);2*1H;/q;;;+2/p-2. The molecule has 1 amide bonds. The van der Waals surface area contributed by atoms with Crippen LogP contribution >= 0.6 is 0 Å². The van der Waals surface area contributed by atoms with Crippen LogP contribution in [0.2, 0.25) is 0 Å². The van der Waals surface area contributed by atoms with Crippen LogP contribution in [0.3, 0.4) is 0 Å². The molecule has 0 spiro atoms. The van der Waals surface area contributed by atoms with Crippen molar-refractivity contribution in [3.05, 3.63) is 0 Å². The molecule has 11 heavy (non-hydrogen) atoms. The maximum Gasteiger partial charge on any atom is 2.00 e. The first kappa shape index (κ1) is 17.9. The van der Waals surface area contributed by atoms with Crippen molar-refractivity contribution in [1.82, 2.24) is 5.32 Å². The second-order valence-corrected chi connectivity index (χ2v) is 2.16. The molecule has 0 saturated carbocycles. The van der Waals surface area contributed by atoms with Gasteiger partial charge in [0.15, 0.2) is 0 Å². The van der Waals surface area contributed by atoms with Crippen molar-refractivity contribution in [2.24, 2.45) is 0 Å². The zero-order chi connectivity index (χ0) is 5.82. The number of nitrogens with one attached hydrogen (secondary N) is 1. The van der Waals surface area contributed by atoms with Gasteiger partial charge >= 0.3 is 17.1 Å². The summed E-state index contributed by atoms with van der Waals surface area (Å²) in [7, 11) is 0. The van der Waals surface area contributed by atoms with Gasteiger partial charge in [0.25, 0.3) is 0 Å². The summed E-state index contributed by atoms with van der Waals surface area (Å²) in [4.78, 5) is 10.6. The van der Waals surface area contributed by atoms with E-state index in [-0.39, 0.29) is 56.9 Å². The van der Waals surface area contributed by atoms with E-state index in [1.165, 1.54) is 6.42 Å². The van der Waals surface area contributed by atoms with Crippen molar-refractivity contribution in [2.45, 2.75) is 25.7 Å². The van der Waals surface area contributed by atoms with Gasteiger partial charge in [0.1, 0.15) is 0 Å². The molecule has 0 aromatic carbocycles. The van der Waals surface area contributed by atoms with Crippen LogP contribution in [0, 0.1) is 0 Å². The molecule has 1 aliphatic rings. The Labute approximate surface area is 98.9 Å². The number of hydrogen-bond acceptors (Lipinski definition) is 1. The molecule has 5 heteroatoms. The van der Waals surface area contributed by atoms with Gasteiger partial charge < -0.3 is 39.3 Å². The third kappa shape index (κ3) is 8.86. The zero-order valence-electron chi connectivity index (χ0n) is 6.08. The topological polar surface area (TPSA) is 29.1 Å². The van der Waals surface area contributed by atoms with Gasteiger partial charge in [-0.15, -0.1) is 0 Å². The van der Waals surface area contributed by atoms with Crippen molar-refractivity contribution >= 4 is 5.91 Å². The Morgan fingerprint density at radius 1 is 1.09 bits per heavy atom. The molecule has 0 unspecified atom stereocenters. The number of halogens is 2. The van der Waals surface area contributed by atoms with Gasteiger partial charge in [-0.25, -0.2) is 0 Å². The van der Waals surface area contributed by atoms with Crippen LogP contribution in [0.5, 0.6) is 0 Å². The van der Waals surface area contributed by atoms with Crippen LogP contribution in [0.25, 0.3) is 0 Å². The molecule has 0 aromatic heterocycles. The van der Waals surface area contributed by atoms with Crippen LogP contribution in [0.1, 0.15) is 25.7 Å². The van der Waals surface area contributed by atoms with Gasteiger partial charge in [-0.2, -0.15) is 0 Å². The Morgan fingerprint density at radius 3 is 2.36 bits per heavy atom. The van der Waals surface area contributed by atoms with Crippen LogP contribution in [0.4, 0.5) is 0 Å². The summed E-state index contributed by atoms with van der Waals surface area (Å²) < 4.78 is 0. The molecule has 1 aliphatic heterocycles. The molecule has 1 fully saturated rings. The van der Waals surface area contributed by atoms with E-state index in [0.717, 1.165) is 25.8 Å². The fraction of sp³-hybridized carbons (Fsp3) is 0.833. The molecule has 1 heterocycles. The van der Waals surface area contributed by atoms with Gasteiger partial charge in [-0.3, -0.25) is 4.79 Å². The van der Waals surface area contributed by atoms with E-state index in [0.29, 0.717) is 0 Å². The largest absolute Gasteiger partial charge is 2.00 e. The smallest absolute Gasteiger partial charge is 1.00 e. The first-order valence-corrected chi connectivity index (χ1v) is 3.16. The summed E-state index contributed by atoms with van der Waals surface area (Å²) in [6.45, 7) is 0.888. The van der Waals surface area contributed by atoms with Crippen molar-refractivity contribution in [3.8, 4) is 0 Å². The van der Waals surface area contributed by atoms with E-state index >= 15 is 0 Å². The molecular weight excluding hydrogens is 317 g/mol. The molecule has 1 rings (SSSR count). The van der Waals surface area contributed by atoms with Crippen molar-refractivity contribution < 1.29 is 55.8 Å². The average molecular weight is 328 g/mol. The molecule has 2 nitrogen and oxygen atoms in total. The zero-order valence-corrected chi connectivity index (χ0v) is 10.4. The minimum Gasteiger partial charge on any atom is -1.00 e. The normalized spacial score (nSPS) is 15.8.